The summed E-state index contributed by atoms with van der Waals surface area (Å²) in [4.78, 5) is 43.2. The van der Waals surface area contributed by atoms with Gasteiger partial charge in [-0.15, -0.1) is 0 Å². The summed E-state index contributed by atoms with van der Waals surface area (Å²) in [6.45, 7) is 0.650. The van der Waals surface area contributed by atoms with Crippen molar-refractivity contribution in [3.8, 4) is 5.75 Å². The summed E-state index contributed by atoms with van der Waals surface area (Å²) >= 11 is 0. The van der Waals surface area contributed by atoms with Gasteiger partial charge in [0, 0.05) is 37.8 Å². The molecule has 0 spiro atoms. The van der Waals surface area contributed by atoms with Crippen molar-refractivity contribution >= 4 is 28.8 Å². The van der Waals surface area contributed by atoms with Crippen molar-refractivity contribution in [2.24, 2.45) is 23.5 Å². The Morgan fingerprint density at radius 1 is 1.10 bits per heavy atom. The van der Waals surface area contributed by atoms with Gasteiger partial charge in [-0.05, 0) is 63.2 Å². The molecule has 1 aromatic carbocycles. The van der Waals surface area contributed by atoms with E-state index in [1.54, 1.807) is 19.0 Å². The lowest BCUT2D eigenvalue weighted by Gasteiger charge is -2.50. The molecular formula is C30H40N4O7. The third-order valence-electron chi connectivity index (χ3n) is 9.49. The molecule has 1 aromatic rings. The molecule has 41 heavy (non-hydrogen) atoms. The van der Waals surface area contributed by atoms with Gasteiger partial charge in [0.25, 0.3) is 5.91 Å². The van der Waals surface area contributed by atoms with Crippen molar-refractivity contribution in [2.45, 2.75) is 56.6 Å². The smallest absolute Gasteiger partial charge is 0.255 e. The normalized spacial score (nSPS) is 28.4. The molecule has 0 bridgehead atoms. The molecule has 222 valence electrons. The molecule has 1 fully saturated rings. The molecule has 0 saturated heterocycles. The number of aliphatic hydroxyl groups is 3. The van der Waals surface area contributed by atoms with E-state index >= 15 is 0 Å². The summed E-state index contributed by atoms with van der Waals surface area (Å²) in [6.07, 6.45) is 6.06. The van der Waals surface area contributed by atoms with Crippen LogP contribution in [0.15, 0.2) is 28.7 Å². The number of hydrogen-bond donors (Lipinski definition) is 6. The van der Waals surface area contributed by atoms with E-state index in [1.807, 2.05) is 25.1 Å². The number of aliphatic hydroxyl groups excluding tert-OH is 2. The number of nitrogens with two attached hydrogens (primary N) is 1. The summed E-state index contributed by atoms with van der Waals surface area (Å²) in [5.41, 5.74) is 3.55. The van der Waals surface area contributed by atoms with Crippen LogP contribution < -0.4 is 16.0 Å². The van der Waals surface area contributed by atoms with Gasteiger partial charge in [-0.2, -0.15) is 0 Å². The molecule has 0 heterocycles. The maximum absolute atomic E-state index is 14.1. The van der Waals surface area contributed by atoms with Crippen LogP contribution in [0.4, 0.5) is 11.4 Å². The van der Waals surface area contributed by atoms with E-state index in [4.69, 9.17) is 5.73 Å². The zero-order chi connectivity index (χ0) is 30.0. The zero-order valence-corrected chi connectivity index (χ0v) is 24.0. The van der Waals surface area contributed by atoms with E-state index in [9.17, 15) is 34.8 Å². The number of benzene rings is 1. The molecule has 7 N–H and O–H groups in total. The first-order valence-electron chi connectivity index (χ1n) is 14.2. The number of ketones is 2. The van der Waals surface area contributed by atoms with Crippen molar-refractivity contribution in [1.82, 2.24) is 4.90 Å². The maximum atomic E-state index is 14.1. The fraction of sp³-hybridized carbons (Fsp3) is 0.567. The number of nitrogens with zero attached hydrogens (tertiary/aromatic N) is 2. The van der Waals surface area contributed by atoms with E-state index in [1.165, 1.54) is 19.3 Å². The van der Waals surface area contributed by atoms with Gasteiger partial charge < -0.3 is 36.4 Å². The molecule has 11 nitrogen and oxygen atoms in total. The topological polar surface area (TPSA) is 177 Å². The van der Waals surface area contributed by atoms with Crippen LogP contribution in [0.5, 0.6) is 5.75 Å². The van der Waals surface area contributed by atoms with Crippen molar-refractivity contribution in [2.75, 3.05) is 45.0 Å². The Kier molecular flexibility index (Phi) is 7.31. The van der Waals surface area contributed by atoms with Gasteiger partial charge in [0.05, 0.1) is 17.3 Å². The zero-order valence-electron chi connectivity index (χ0n) is 24.0. The van der Waals surface area contributed by atoms with E-state index in [0.717, 1.165) is 18.5 Å². The maximum Gasteiger partial charge on any atom is 0.255 e. The largest absolute Gasteiger partial charge is 0.510 e. The number of carbonyl (C=O) groups excluding carboxylic acids is 3. The average Bonchev–Trinajstić information content (AvgIpc) is 2.90. The van der Waals surface area contributed by atoms with Crippen molar-refractivity contribution < 1.29 is 34.8 Å². The molecule has 4 aliphatic rings. The number of phenolic OH excluding ortho intramolecular Hbond substituents is 1. The number of phenols is 1. The first-order valence-corrected chi connectivity index (χ1v) is 14.2. The molecule has 0 aliphatic heterocycles. The highest BCUT2D eigenvalue weighted by atomic mass is 16.3. The lowest BCUT2D eigenvalue weighted by molar-refractivity contribution is -0.148. The molecule has 4 unspecified atom stereocenters. The molecular weight excluding hydrogens is 528 g/mol. The molecule has 0 aromatic heterocycles. The molecule has 1 saturated carbocycles. The number of rotatable bonds is 6. The summed E-state index contributed by atoms with van der Waals surface area (Å²) in [5.74, 6) is -6.05. The lowest BCUT2D eigenvalue weighted by Crippen LogP contribution is -2.63. The van der Waals surface area contributed by atoms with Crippen LogP contribution in [-0.2, 0) is 16.0 Å². The molecule has 11 heteroatoms. The average molecular weight is 569 g/mol. The number of anilines is 2. The van der Waals surface area contributed by atoms with Gasteiger partial charge in [-0.3, -0.25) is 19.3 Å². The number of primary amides is 1. The second-order valence-electron chi connectivity index (χ2n) is 12.4. The summed E-state index contributed by atoms with van der Waals surface area (Å²) in [5, 5.41) is 49.0. The van der Waals surface area contributed by atoms with Crippen LogP contribution >= 0.6 is 0 Å². The molecule has 4 atom stereocenters. The minimum absolute atomic E-state index is 0.0168. The number of nitrogens with one attached hydrogen (secondary N) is 1. The van der Waals surface area contributed by atoms with Crippen LogP contribution in [0.2, 0.25) is 0 Å². The van der Waals surface area contributed by atoms with Crippen LogP contribution in [0.25, 0.3) is 0 Å². The fourth-order valence-electron chi connectivity index (χ4n) is 7.48. The highest BCUT2D eigenvalue weighted by Crippen LogP contribution is 2.54. The minimum Gasteiger partial charge on any atom is -0.510 e. The van der Waals surface area contributed by atoms with Gasteiger partial charge in [0.15, 0.2) is 11.4 Å². The summed E-state index contributed by atoms with van der Waals surface area (Å²) in [7, 11) is 6.91. The van der Waals surface area contributed by atoms with Crippen molar-refractivity contribution in [3.63, 3.8) is 0 Å². The predicted octanol–water partition coefficient (Wildman–Crippen LogP) is 2.18. The Balaban J connectivity index is 1.63. The van der Waals surface area contributed by atoms with Crippen molar-refractivity contribution in [3.05, 3.63) is 39.9 Å². The predicted molar refractivity (Wildman–Crippen MR) is 153 cm³/mol. The Morgan fingerprint density at radius 3 is 2.34 bits per heavy atom. The van der Waals surface area contributed by atoms with E-state index in [-0.39, 0.29) is 29.7 Å². The van der Waals surface area contributed by atoms with E-state index < -0.39 is 58.0 Å². The Morgan fingerprint density at radius 2 is 1.76 bits per heavy atom. The second-order valence-corrected chi connectivity index (χ2v) is 12.4. The number of likely N-dealkylation sites (N-methyl/N-ethyl adjacent to an activating group) is 1. The fourth-order valence-corrected chi connectivity index (χ4v) is 7.48. The number of hydrogen-bond acceptors (Lipinski definition) is 10. The van der Waals surface area contributed by atoms with Gasteiger partial charge in [0.1, 0.15) is 22.8 Å². The highest BCUT2D eigenvalue weighted by molar-refractivity contribution is 6.25. The molecule has 4 aliphatic carbocycles. The number of amides is 1. The standard InChI is InChI=1S/C30H40N4O7/c1-33(2)19-12-18(32-13-14-8-6-5-7-9-14)24(35)21-16(19)10-15-11-17-23(34(3)4)26(37)22(29(31)40)28(39)30(17,41)27(38)20(15)25(21)36/h12,14-15,17,23,32,35,37-38,41H,5-11,13H2,1-4H3,(H2,31,40). The van der Waals surface area contributed by atoms with Gasteiger partial charge in [-0.25, -0.2) is 0 Å². The second kappa shape index (κ2) is 10.4. The summed E-state index contributed by atoms with van der Waals surface area (Å²) in [6, 6.07) is 0.812. The summed E-state index contributed by atoms with van der Waals surface area (Å²) < 4.78 is 0. The van der Waals surface area contributed by atoms with E-state index in [2.05, 4.69) is 5.32 Å². The van der Waals surface area contributed by atoms with E-state index in [0.29, 0.717) is 23.7 Å². The third kappa shape index (κ3) is 4.37. The highest BCUT2D eigenvalue weighted by Gasteiger charge is 2.63. The van der Waals surface area contributed by atoms with Crippen molar-refractivity contribution in [1.29, 1.82) is 0 Å². The monoisotopic (exact) mass is 568 g/mol. The van der Waals surface area contributed by atoms with Crippen LogP contribution in [0.3, 0.4) is 0 Å². The molecule has 1 amide bonds. The van der Waals surface area contributed by atoms with Crippen LogP contribution in [0, 0.1) is 17.8 Å². The Hall–Kier alpha value is -3.57. The first-order chi connectivity index (χ1) is 19.3. The minimum atomic E-state index is -2.65. The van der Waals surface area contributed by atoms with Gasteiger partial charge in [0.2, 0.25) is 5.78 Å². The quantitative estimate of drug-likeness (QED) is 0.220. The Labute approximate surface area is 239 Å². The number of aromatic hydroxyl groups is 1. The van der Waals surface area contributed by atoms with Gasteiger partial charge in [-0.1, -0.05) is 19.3 Å². The van der Waals surface area contributed by atoms with Crippen LogP contribution in [-0.4, -0.2) is 89.2 Å². The number of Topliss-reactive ketones (excluding diaryl/α,β-unsaturated/α-hetero) is 2. The number of fused-ring (bicyclic) bond motifs is 3. The molecule has 5 rings (SSSR count). The Bertz CT molecular complexity index is 1380. The first kappa shape index (κ1) is 28.9. The SMILES string of the molecule is CN(C)c1cc(NCC2CCCCC2)c(O)c2c1CC1CC3C(N(C)C)C(O)=C(C(N)=O)C(=O)C3(O)C(O)=C1C2=O. The van der Waals surface area contributed by atoms with Crippen LogP contribution in [0.1, 0.15) is 54.4 Å². The molecule has 0 radical (unpaired) electrons. The number of allylic oxidation sites excluding steroid dienone is 1. The van der Waals surface area contributed by atoms with Gasteiger partial charge >= 0.3 is 0 Å². The number of carbonyl (C=O) groups is 3. The lowest BCUT2D eigenvalue weighted by atomic mass is 9.58. The third-order valence-corrected chi connectivity index (χ3v) is 9.49.